The van der Waals surface area contributed by atoms with Crippen LogP contribution in [0.3, 0.4) is 0 Å². The molecular weight excluding hydrogens is 312 g/mol. The number of benzene rings is 2. The zero-order valence-corrected chi connectivity index (χ0v) is 14.7. The molecule has 0 unspecified atom stereocenters. The topological polar surface area (TPSA) is 35.7 Å². The Bertz CT molecular complexity index is 770. The van der Waals surface area contributed by atoms with Crippen molar-refractivity contribution < 1.29 is 14.4 Å². The molecule has 0 saturated heterocycles. The van der Waals surface area contributed by atoms with Gasteiger partial charge < -0.3 is 9.84 Å². The van der Waals surface area contributed by atoms with Gasteiger partial charge in [0.15, 0.2) is 6.54 Å². The van der Waals surface area contributed by atoms with Gasteiger partial charge >= 0.3 is 0 Å². The lowest BCUT2D eigenvalue weighted by atomic mass is 10.00. The Morgan fingerprint density at radius 2 is 1.76 bits per heavy atom. The predicted molar refractivity (Wildman–Crippen MR) is 99.3 cm³/mol. The average Bonchev–Trinajstić information content (AvgIpc) is 2.79. The summed E-state index contributed by atoms with van der Waals surface area (Å²) in [6.07, 6.45) is 4.61. The average molecular weight is 337 g/mol. The van der Waals surface area contributed by atoms with Crippen molar-refractivity contribution in [2.24, 2.45) is 0 Å². The standard InChI is InChI=1S/C21H25N2O2/c1-25-19-13-11-18(12-14-19)23-20-10-6-3-7-15-22(20)16-21(23,24)17-8-4-2-5-9-17/h2,4-5,8-9,11-14,24H,3,6-7,10,15-16H2,1H3/q+1/t21-/m0/s1. The molecule has 2 heterocycles. The summed E-state index contributed by atoms with van der Waals surface area (Å²) in [6, 6.07) is 18.0. The van der Waals surface area contributed by atoms with Crippen LogP contribution in [0.15, 0.2) is 54.6 Å². The Labute approximate surface area is 149 Å². The number of amidine groups is 1. The summed E-state index contributed by atoms with van der Waals surface area (Å²) in [7, 11) is 1.67. The molecule has 0 spiro atoms. The lowest BCUT2D eigenvalue weighted by Crippen LogP contribution is -2.47. The number of hydrogen-bond acceptors (Lipinski definition) is 3. The third-order valence-electron chi connectivity index (χ3n) is 5.30. The third-order valence-corrected chi connectivity index (χ3v) is 5.30. The van der Waals surface area contributed by atoms with Crippen molar-refractivity contribution in [2.45, 2.75) is 31.4 Å². The maximum atomic E-state index is 11.8. The molecule has 0 aromatic heterocycles. The first-order valence-electron chi connectivity index (χ1n) is 9.05. The highest BCUT2D eigenvalue weighted by Crippen LogP contribution is 2.38. The van der Waals surface area contributed by atoms with E-state index in [2.05, 4.69) is 9.48 Å². The van der Waals surface area contributed by atoms with Crippen molar-refractivity contribution in [3.8, 4) is 5.75 Å². The molecule has 25 heavy (non-hydrogen) atoms. The molecule has 0 amide bonds. The van der Waals surface area contributed by atoms with Crippen LogP contribution < -0.4 is 9.64 Å². The third kappa shape index (κ3) is 2.81. The summed E-state index contributed by atoms with van der Waals surface area (Å²) in [5.41, 5.74) is 0.903. The van der Waals surface area contributed by atoms with E-state index >= 15 is 0 Å². The lowest BCUT2D eigenvalue weighted by molar-refractivity contribution is -0.534. The van der Waals surface area contributed by atoms with Crippen molar-refractivity contribution in [3.05, 3.63) is 60.2 Å². The van der Waals surface area contributed by atoms with E-state index in [1.165, 1.54) is 25.1 Å². The van der Waals surface area contributed by atoms with Gasteiger partial charge in [0, 0.05) is 12.0 Å². The second kappa shape index (κ2) is 6.52. The van der Waals surface area contributed by atoms with Crippen LogP contribution in [0.2, 0.25) is 0 Å². The van der Waals surface area contributed by atoms with Gasteiger partial charge in [-0.25, -0.2) is 0 Å². The highest BCUT2D eigenvalue weighted by atomic mass is 16.5. The smallest absolute Gasteiger partial charge is 0.275 e. The number of ether oxygens (including phenoxy) is 1. The minimum atomic E-state index is -1.04. The number of hydrogen-bond donors (Lipinski definition) is 1. The molecule has 2 aromatic carbocycles. The molecule has 4 heteroatoms. The molecule has 1 atom stereocenters. The lowest BCUT2D eigenvalue weighted by Gasteiger charge is -2.29. The Kier molecular flexibility index (Phi) is 4.22. The summed E-state index contributed by atoms with van der Waals surface area (Å²) < 4.78 is 7.66. The first-order chi connectivity index (χ1) is 12.2. The molecular formula is C21H25N2O2+. The Morgan fingerprint density at radius 3 is 2.48 bits per heavy atom. The first kappa shape index (κ1) is 16.2. The number of rotatable bonds is 3. The Hall–Kier alpha value is -2.33. The molecule has 1 N–H and O–H groups in total. The van der Waals surface area contributed by atoms with E-state index < -0.39 is 5.72 Å². The van der Waals surface area contributed by atoms with E-state index in [9.17, 15) is 5.11 Å². The Balaban J connectivity index is 1.81. The molecule has 0 bridgehead atoms. The van der Waals surface area contributed by atoms with Gasteiger partial charge in [-0.2, -0.15) is 4.90 Å². The fourth-order valence-electron chi connectivity index (χ4n) is 4.04. The minimum Gasteiger partial charge on any atom is -0.497 e. The van der Waals surface area contributed by atoms with Crippen LogP contribution in [0.1, 0.15) is 31.2 Å². The Morgan fingerprint density at radius 1 is 1.00 bits per heavy atom. The molecule has 0 aliphatic carbocycles. The zero-order chi connectivity index (χ0) is 17.3. The fraction of sp³-hybridized carbons (Fsp3) is 0.381. The summed E-state index contributed by atoms with van der Waals surface area (Å²) >= 11 is 0. The van der Waals surface area contributed by atoms with Gasteiger partial charge in [0.25, 0.3) is 11.6 Å². The molecule has 0 saturated carbocycles. The van der Waals surface area contributed by atoms with Gasteiger partial charge in [0.05, 0.1) is 13.7 Å². The van der Waals surface area contributed by atoms with Crippen molar-refractivity contribution >= 4 is 11.5 Å². The van der Waals surface area contributed by atoms with Crippen LogP contribution in [0.25, 0.3) is 0 Å². The molecule has 2 aromatic rings. The van der Waals surface area contributed by atoms with Crippen molar-refractivity contribution in [2.75, 3.05) is 25.1 Å². The van der Waals surface area contributed by atoms with Crippen molar-refractivity contribution in [1.29, 1.82) is 0 Å². The maximum Gasteiger partial charge on any atom is 0.275 e. The van der Waals surface area contributed by atoms with Gasteiger partial charge in [-0.1, -0.05) is 30.3 Å². The first-order valence-corrected chi connectivity index (χ1v) is 9.05. The summed E-state index contributed by atoms with van der Waals surface area (Å²) in [6.45, 7) is 1.62. The second-order valence-corrected chi connectivity index (χ2v) is 6.86. The predicted octanol–water partition coefficient (Wildman–Crippen LogP) is 3.35. The van der Waals surface area contributed by atoms with Crippen LogP contribution >= 0.6 is 0 Å². The SMILES string of the molecule is COc1ccc(N2C3=[N+](CCCCC3)C[C@]2(O)c2ccccc2)cc1. The summed E-state index contributed by atoms with van der Waals surface area (Å²) in [4.78, 5) is 2.13. The monoisotopic (exact) mass is 337 g/mol. The minimum absolute atomic E-state index is 0.609. The van der Waals surface area contributed by atoms with Gasteiger partial charge in [0.1, 0.15) is 11.4 Å². The largest absolute Gasteiger partial charge is 0.497 e. The second-order valence-electron chi connectivity index (χ2n) is 6.86. The molecule has 0 radical (unpaired) electrons. The summed E-state index contributed by atoms with van der Waals surface area (Å²) in [5.74, 6) is 2.06. The quantitative estimate of drug-likeness (QED) is 0.873. The highest BCUT2D eigenvalue weighted by Gasteiger charge is 2.53. The number of aliphatic hydroxyl groups is 1. The molecule has 130 valence electrons. The van der Waals surface area contributed by atoms with Gasteiger partial charge in [-0.3, -0.25) is 4.58 Å². The van der Waals surface area contributed by atoms with Gasteiger partial charge in [-0.15, -0.1) is 0 Å². The van der Waals surface area contributed by atoms with Crippen LogP contribution in [0.4, 0.5) is 5.69 Å². The van der Waals surface area contributed by atoms with Crippen LogP contribution in [0.5, 0.6) is 5.75 Å². The van der Waals surface area contributed by atoms with Crippen molar-refractivity contribution in [3.63, 3.8) is 0 Å². The summed E-state index contributed by atoms with van der Waals surface area (Å²) in [5, 5.41) is 11.8. The van der Waals surface area contributed by atoms with E-state index in [4.69, 9.17) is 4.74 Å². The highest BCUT2D eigenvalue weighted by molar-refractivity contribution is 5.97. The van der Waals surface area contributed by atoms with Crippen LogP contribution in [0, 0.1) is 0 Å². The van der Waals surface area contributed by atoms with E-state index in [1.807, 2.05) is 54.6 Å². The van der Waals surface area contributed by atoms with Crippen LogP contribution in [-0.4, -0.2) is 35.7 Å². The van der Waals surface area contributed by atoms with Crippen molar-refractivity contribution in [1.82, 2.24) is 0 Å². The normalized spacial score (nSPS) is 23.4. The molecule has 0 fully saturated rings. The van der Waals surface area contributed by atoms with E-state index in [0.29, 0.717) is 6.54 Å². The molecule has 2 aliphatic heterocycles. The molecule has 4 nitrogen and oxygen atoms in total. The zero-order valence-electron chi connectivity index (χ0n) is 14.7. The number of anilines is 1. The number of methoxy groups -OCH3 is 1. The van der Waals surface area contributed by atoms with E-state index in [-0.39, 0.29) is 0 Å². The van der Waals surface area contributed by atoms with Crippen LogP contribution in [-0.2, 0) is 5.72 Å². The van der Waals surface area contributed by atoms with E-state index in [0.717, 1.165) is 30.0 Å². The molecule has 4 rings (SSSR count). The maximum absolute atomic E-state index is 11.8. The van der Waals surface area contributed by atoms with Gasteiger partial charge in [-0.05, 0) is 43.5 Å². The van der Waals surface area contributed by atoms with E-state index in [1.54, 1.807) is 7.11 Å². The molecule has 2 aliphatic rings. The fourth-order valence-corrected chi connectivity index (χ4v) is 4.04. The number of nitrogens with zero attached hydrogens (tertiary/aromatic N) is 2. The van der Waals surface area contributed by atoms with Gasteiger partial charge in [0.2, 0.25) is 0 Å².